The van der Waals surface area contributed by atoms with Crippen LogP contribution in [0.2, 0.25) is 0 Å². The standard InChI is InChI=1S/C15H21N3O/c1-11-17-14-10-13(2-3-15(14)19-11)12-4-7-18(8-5-12)9-6-16/h2-3,10,12H,4-9,16H2,1H3. The molecule has 19 heavy (non-hydrogen) atoms. The van der Waals surface area contributed by atoms with Crippen LogP contribution in [0.25, 0.3) is 11.1 Å². The van der Waals surface area contributed by atoms with Gasteiger partial charge in [0.2, 0.25) is 0 Å². The summed E-state index contributed by atoms with van der Waals surface area (Å²) in [6, 6.07) is 6.43. The molecule has 0 amide bonds. The van der Waals surface area contributed by atoms with E-state index in [9.17, 15) is 0 Å². The summed E-state index contributed by atoms with van der Waals surface area (Å²) >= 11 is 0. The smallest absolute Gasteiger partial charge is 0.192 e. The van der Waals surface area contributed by atoms with Gasteiger partial charge in [0.15, 0.2) is 11.5 Å². The van der Waals surface area contributed by atoms with Crippen LogP contribution in [0.1, 0.15) is 30.2 Å². The monoisotopic (exact) mass is 259 g/mol. The van der Waals surface area contributed by atoms with Crippen molar-refractivity contribution in [1.82, 2.24) is 9.88 Å². The summed E-state index contributed by atoms with van der Waals surface area (Å²) in [6.45, 7) is 5.98. The first-order valence-electron chi connectivity index (χ1n) is 7.06. The zero-order chi connectivity index (χ0) is 13.2. The van der Waals surface area contributed by atoms with E-state index in [0.29, 0.717) is 5.92 Å². The number of nitrogens with zero attached hydrogens (tertiary/aromatic N) is 2. The lowest BCUT2D eigenvalue weighted by molar-refractivity contribution is 0.218. The number of hydrogen-bond acceptors (Lipinski definition) is 4. The van der Waals surface area contributed by atoms with Gasteiger partial charge in [0.1, 0.15) is 5.52 Å². The van der Waals surface area contributed by atoms with Crippen molar-refractivity contribution in [1.29, 1.82) is 0 Å². The molecule has 2 heterocycles. The van der Waals surface area contributed by atoms with E-state index in [1.807, 2.05) is 6.92 Å². The second-order valence-corrected chi connectivity index (χ2v) is 5.36. The number of likely N-dealkylation sites (tertiary alicyclic amines) is 1. The summed E-state index contributed by atoms with van der Waals surface area (Å²) in [4.78, 5) is 6.87. The third-order valence-electron chi connectivity index (χ3n) is 4.02. The summed E-state index contributed by atoms with van der Waals surface area (Å²) < 4.78 is 5.53. The molecule has 2 N–H and O–H groups in total. The molecule has 4 nitrogen and oxygen atoms in total. The Bertz CT molecular complexity index is 556. The number of aryl methyl sites for hydroxylation is 1. The predicted octanol–water partition coefficient (Wildman–Crippen LogP) is 2.27. The van der Waals surface area contributed by atoms with E-state index >= 15 is 0 Å². The van der Waals surface area contributed by atoms with Crippen LogP contribution in [-0.4, -0.2) is 36.1 Å². The van der Waals surface area contributed by atoms with Crippen LogP contribution in [0.5, 0.6) is 0 Å². The van der Waals surface area contributed by atoms with Gasteiger partial charge in [0.25, 0.3) is 0 Å². The fourth-order valence-corrected chi connectivity index (χ4v) is 2.99. The maximum atomic E-state index is 5.61. The number of piperidine rings is 1. The maximum Gasteiger partial charge on any atom is 0.192 e. The Balaban J connectivity index is 1.74. The molecule has 1 aliphatic rings. The van der Waals surface area contributed by atoms with Gasteiger partial charge in [-0.25, -0.2) is 4.98 Å². The molecule has 0 aliphatic carbocycles. The van der Waals surface area contributed by atoms with Crippen molar-refractivity contribution in [3.63, 3.8) is 0 Å². The van der Waals surface area contributed by atoms with Crippen molar-refractivity contribution in [2.24, 2.45) is 5.73 Å². The van der Waals surface area contributed by atoms with E-state index in [4.69, 9.17) is 10.2 Å². The van der Waals surface area contributed by atoms with Crippen LogP contribution in [0.15, 0.2) is 22.6 Å². The molecule has 102 valence electrons. The summed E-state index contributed by atoms with van der Waals surface area (Å²) in [6.07, 6.45) is 2.42. The Labute approximate surface area is 113 Å². The topological polar surface area (TPSA) is 55.3 Å². The third kappa shape index (κ3) is 2.65. The minimum atomic E-state index is 0.649. The molecule has 1 saturated heterocycles. The first-order valence-corrected chi connectivity index (χ1v) is 7.06. The van der Waals surface area contributed by atoms with E-state index in [-0.39, 0.29) is 0 Å². The highest BCUT2D eigenvalue weighted by Gasteiger charge is 2.20. The molecule has 1 aromatic heterocycles. The van der Waals surface area contributed by atoms with Gasteiger partial charge in [-0.2, -0.15) is 0 Å². The first kappa shape index (κ1) is 12.6. The Morgan fingerprint density at radius 1 is 1.37 bits per heavy atom. The van der Waals surface area contributed by atoms with Crippen LogP contribution < -0.4 is 5.73 Å². The lowest BCUT2D eigenvalue weighted by Crippen LogP contribution is -2.36. The molecule has 1 fully saturated rings. The normalized spacial score (nSPS) is 18.2. The predicted molar refractivity (Wildman–Crippen MR) is 76.2 cm³/mol. The summed E-state index contributed by atoms with van der Waals surface area (Å²) in [5, 5.41) is 0. The van der Waals surface area contributed by atoms with Gasteiger partial charge in [-0.1, -0.05) is 6.07 Å². The molecule has 0 unspecified atom stereocenters. The van der Waals surface area contributed by atoms with Crippen LogP contribution in [0.3, 0.4) is 0 Å². The molecule has 0 bridgehead atoms. The molecule has 0 saturated carbocycles. The average Bonchev–Trinajstić information content (AvgIpc) is 2.79. The van der Waals surface area contributed by atoms with Crippen molar-refractivity contribution < 1.29 is 4.42 Å². The molecule has 1 aromatic carbocycles. The number of fused-ring (bicyclic) bond motifs is 1. The van der Waals surface area contributed by atoms with Crippen molar-refractivity contribution >= 4 is 11.1 Å². The van der Waals surface area contributed by atoms with Crippen LogP contribution in [-0.2, 0) is 0 Å². The molecule has 0 atom stereocenters. The highest BCUT2D eigenvalue weighted by Crippen LogP contribution is 2.30. The maximum absolute atomic E-state index is 5.61. The van der Waals surface area contributed by atoms with Crippen LogP contribution in [0.4, 0.5) is 0 Å². The van der Waals surface area contributed by atoms with Gasteiger partial charge in [0, 0.05) is 20.0 Å². The van der Waals surface area contributed by atoms with Gasteiger partial charge in [-0.05, 0) is 49.5 Å². The minimum absolute atomic E-state index is 0.649. The van der Waals surface area contributed by atoms with Gasteiger partial charge in [-0.15, -0.1) is 0 Å². The number of hydrogen-bond donors (Lipinski definition) is 1. The molecular formula is C15H21N3O. The van der Waals surface area contributed by atoms with Gasteiger partial charge >= 0.3 is 0 Å². The second kappa shape index (κ2) is 5.31. The van der Waals surface area contributed by atoms with E-state index < -0.39 is 0 Å². The highest BCUT2D eigenvalue weighted by atomic mass is 16.3. The quantitative estimate of drug-likeness (QED) is 0.918. The second-order valence-electron chi connectivity index (χ2n) is 5.36. The lowest BCUT2D eigenvalue weighted by atomic mass is 9.89. The number of aromatic nitrogens is 1. The van der Waals surface area contributed by atoms with Crippen LogP contribution in [0, 0.1) is 6.92 Å². The highest BCUT2D eigenvalue weighted by molar-refractivity contribution is 5.73. The molecule has 1 aliphatic heterocycles. The van der Waals surface area contributed by atoms with Crippen molar-refractivity contribution in [2.75, 3.05) is 26.2 Å². The van der Waals surface area contributed by atoms with Crippen molar-refractivity contribution in [3.05, 3.63) is 29.7 Å². The number of benzene rings is 1. The number of nitrogens with two attached hydrogens (primary N) is 1. The van der Waals surface area contributed by atoms with Crippen LogP contribution >= 0.6 is 0 Å². The van der Waals surface area contributed by atoms with Crippen molar-refractivity contribution in [2.45, 2.75) is 25.7 Å². The molecule has 2 aromatic rings. The minimum Gasteiger partial charge on any atom is -0.441 e. The largest absolute Gasteiger partial charge is 0.441 e. The van der Waals surface area contributed by atoms with E-state index in [0.717, 1.165) is 43.2 Å². The zero-order valence-corrected chi connectivity index (χ0v) is 11.4. The third-order valence-corrected chi connectivity index (χ3v) is 4.02. The molecule has 4 heteroatoms. The molecule has 0 spiro atoms. The Morgan fingerprint density at radius 2 is 2.16 bits per heavy atom. The Morgan fingerprint density at radius 3 is 2.89 bits per heavy atom. The first-order chi connectivity index (χ1) is 9.26. The Kier molecular flexibility index (Phi) is 3.53. The average molecular weight is 259 g/mol. The van der Waals surface area contributed by atoms with E-state index in [1.165, 1.54) is 18.4 Å². The van der Waals surface area contributed by atoms with Gasteiger partial charge < -0.3 is 15.1 Å². The summed E-state index contributed by atoms with van der Waals surface area (Å²) in [7, 11) is 0. The number of oxazole rings is 1. The number of rotatable bonds is 3. The fourth-order valence-electron chi connectivity index (χ4n) is 2.99. The molecule has 3 rings (SSSR count). The zero-order valence-electron chi connectivity index (χ0n) is 11.4. The molecule has 0 radical (unpaired) electrons. The summed E-state index contributed by atoms with van der Waals surface area (Å²) in [5.74, 6) is 1.39. The van der Waals surface area contributed by atoms with E-state index in [2.05, 4.69) is 28.1 Å². The lowest BCUT2D eigenvalue weighted by Gasteiger charge is -2.31. The van der Waals surface area contributed by atoms with Crippen molar-refractivity contribution in [3.8, 4) is 0 Å². The Hall–Kier alpha value is -1.39. The van der Waals surface area contributed by atoms with E-state index in [1.54, 1.807) is 0 Å². The van der Waals surface area contributed by atoms with Gasteiger partial charge in [-0.3, -0.25) is 0 Å². The molecular weight excluding hydrogens is 238 g/mol. The van der Waals surface area contributed by atoms with Gasteiger partial charge in [0.05, 0.1) is 0 Å². The fraction of sp³-hybridized carbons (Fsp3) is 0.533. The summed E-state index contributed by atoms with van der Waals surface area (Å²) in [5.41, 5.74) is 8.88. The SMILES string of the molecule is Cc1nc2cc(C3CCN(CCN)CC3)ccc2o1.